The predicted molar refractivity (Wildman–Crippen MR) is 98.8 cm³/mol. The van der Waals surface area contributed by atoms with Gasteiger partial charge in [0.2, 0.25) is 0 Å². The molecule has 27 heavy (non-hydrogen) atoms. The highest BCUT2D eigenvalue weighted by Gasteiger charge is 2.30. The monoisotopic (exact) mass is 362 g/mol. The van der Waals surface area contributed by atoms with E-state index in [9.17, 15) is 14.4 Å². The van der Waals surface area contributed by atoms with E-state index in [0.717, 1.165) is 11.3 Å². The van der Waals surface area contributed by atoms with Gasteiger partial charge in [0.1, 0.15) is 11.3 Å². The summed E-state index contributed by atoms with van der Waals surface area (Å²) in [6.45, 7) is 0.310. The number of aromatic amines is 1. The fourth-order valence-electron chi connectivity index (χ4n) is 3.40. The predicted octanol–water partition coefficient (Wildman–Crippen LogP) is 2.81. The van der Waals surface area contributed by atoms with Crippen LogP contribution in [0, 0.1) is 0 Å². The average Bonchev–Trinajstić information content (AvgIpc) is 3.21. The van der Waals surface area contributed by atoms with Gasteiger partial charge < -0.3 is 14.7 Å². The summed E-state index contributed by atoms with van der Waals surface area (Å²) in [7, 11) is 0. The molecule has 0 aliphatic heterocycles. The van der Waals surface area contributed by atoms with Crippen LogP contribution in [0.15, 0.2) is 64.0 Å². The molecule has 0 unspecified atom stereocenters. The Morgan fingerprint density at radius 1 is 1.11 bits per heavy atom. The topological polar surface area (TPSA) is 92.2 Å². The lowest BCUT2D eigenvalue weighted by molar-refractivity contribution is 0.0949. The van der Waals surface area contributed by atoms with Gasteiger partial charge in [-0.05, 0) is 30.2 Å². The molecule has 0 spiro atoms. The average molecular weight is 362 g/mol. The van der Waals surface area contributed by atoms with Crippen LogP contribution in [0.3, 0.4) is 0 Å². The van der Waals surface area contributed by atoms with E-state index in [1.807, 2.05) is 36.4 Å². The Kier molecular flexibility index (Phi) is 4.46. The van der Waals surface area contributed by atoms with E-state index >= 15 is 0 Å². The van der Waals surface area contributed by atoms with E-state index in [-0.39, 0.29) is 23.7 Å². The standard InChI is InChI=1S/C21H18N2O4/c24-18-10-14(19-7-4-8-27-19)9-17-15(18)11-16(21(26)23-17)20(25)22-12-13-5-2-1-3-6-13/h1-8,11,14H,9-10,12H2,(H,22,25)(H,23,26)/t14-/m0/s1. The van der Waals surface area contributed by atoms with Crippen molar-refractivity contribution in [1.82, 2.24) is 10.3 Å². The maximum absolute atomic E-state index is 12.6. The molecule has 1 atom stereocenters. The van der Waals surface area contributed by atoms with Crippen molar-refractivity contribution in [2.75, 3.05) is 0 Å². The number of ketones is 1. The van der Waals surface area contributed by atoms with Gasteiger partial charge >= 0.3 is 0 Å². The van der Waals surface area contributed by atoms with Gasteiger partial charge in [-0.1, -0.05) is 30.3 Å². The largest absolute Gasteiger partial charge is 0.469 e. The minimum absolute atomic E-state index is 0.0468. The SMILES string of the molecule is O=C1C[C@@H](c2ccco2)Cc2[nH]c(=O)c(C(=O)NCc3ccccc3)cc21. The molecule has 0 saturated carbocycles. The van der Waals surface area contributed by atoms with Gasteiger partial charge in [-0.3, -0.25) is 14.4 Å². The molecular weight excluding hydrogens is 344 g/mol. The minimum atomic E-state index is -0.496. The number of H-pyrrole nitrogens is 1. The van der Waals surface area contributed by atoms with Crippen molar-refractivity contribution in [1.29, 1.82) is 0 Å². The molecule has 6 nitrogen and oxygen atoms in total. The van der Waals surface area contributed by atoms with E-state index in [1.54, 1.807) is 12.3 Å². The van der Waals surface area contributed by atoms with E-state index in [0.29, 0.717) is 24.2 Å². The Morgan fingerprint density at radius 3 is 2.67 bits per heavy atom. The quantitative estimate of drug-likeness (QED) is 0.746. The molecule has 0 bridgehead atoms. The van der Waals surface area contributed by atoms with Gasteiger partial charge in [-0.15, -0.1) is 0 Å². The van der Waals surface area contributed by atoms with E-state index in [4.69, 9.17) is 4.42 Å². The Balaban J connectivity index is 1.56. The van der Waals surface area contributed by atoms with Crippen LogP contribution in [-0.2, 0) is 13.0 Å². The lowest BCUT2D eigenvalue weighted by Gasteiger charge is -2.22. The number of rotatable bonds is 4. The van der Waals surface area contributed by atoms with Crippen LogP contribution in [-0.4, -0.2) is 16.7 Å². The van der Waals surface area contributed by atoms with Gasteiger partial charge in [0.15, 0.2) is 5.78 Å². The van der Waals surface area contributed by atoms with Crippen molar-refractivity contribution < 1.29 is 14.0 Å². The minimum Gasteiger partial charge on any atom is -0.469 e. The number of hydrogen-bond acceptors (Lipinski definition) is 4. The van der Waals surface area contributed by atoms with Crippen LogP contribution in [0.1, 0.15) is 50.1 Å². The van der Waals surface area contributed by atoms with Gasteiger partial charge in [-0.2, -0.15) is 0 Å². The summed E-state index contributed by atoms with van der Waals surface area (Å²) in [6.07, 6.45) is 2.35. The van der Waals surface area contributed by atoms with Crippen molar-refractivity contribution in [3.05, 3.63) is 93.3 Å². The van der Waals surface area contributed by atoms with Crippen molar-refractivity contribution in [2.45, 2.75) is 25.3 Å². The number of hydrogen-bond donors (Lipinski definition) is 2. The first-order valence-corrected chi connectivity index (χ1v) is 8.76. The van der Waals surface area contributed by atoms with Gasteiger partial charge in [-0.25, -0.2) is 0 Å². The number of amides is 1. The molecule has 1 aromatic carbocycles. The second-order valence-electron chi connectivity index (χ2n) is 6.62. The zero-order valence-corrected chi connectivity index (χ0v) is 14.5. The molecule has 2 N–H and O–H groups in total. The zero-order chi connectivity index (χ0) is 18.8. The summed E-state index contributed by atoms with van der Waals surface area (Å²) in [5.74, 6) is 0.0165. The van der Waals surface area contributed by atoms with E-state index in [1.165, 1.54) is 6.07 Å². The highest BCUT2D eigenvalue weighted by molar-refractivity contribution is 6.02. The summed E-state index contributed by atoms with van der Waals surface area (Å²) in [6, 6.07) is 14.4. The summed E-state index contributed by atoms with van der Waals surface area (Å²) < 4.78 is 5.39. The molecule has 2 aromatic heterocycles. The molecule has 136 valence electrons. The molecule has 1 amide bonds. The molecule has 3 aromatic rings. The molecule has 0 radical (unpaired) electrons. The van der Waals surface area contributed by atoms with Crippen molar-refractivity contribution >= 4 is 11.7 Å². The number of fused-ring (bicyclic) bond motifs is 1. The molecule has 2 heterocycles. The molecule has 1 aliphatic carbocycles. The molecule has 1 aliphatic rings. The molecule has 4 rings (SSSR count). The lowest BCUT2D eigenvalue weighted by Crippen LogP contribution is -2.32. The number of furan rings is 1. The number of benzene rings is 1. The van der Waals surface area contributed by atoms with Crippen molar-refractivity contribution in [2.24, 2.45) is 0 Å². The fraction of sp³-hybridized carbons (Fsp3) is 0.190. The zero-order valence-electron chi connectivity index (χ0n) is 14.5. The fourth-order valence-corrected chi connectivity index (χ4v) is 3.40. The third-order valence-electron chi connectivity index (χ3n) is 4.79. The summed E-state index contributed by atoms with van der Waals surface area (Å²) >= 11 is 0. The second kappa shape index (κ2) is 7.07. The van der Waals surface area contributed by atoms with Gasteiger partial charge in [0, 0.05) is 30.1 Å². The molecule has 0 fully saturated rings. The maximum Gasteiger partial charge on any atom is 0.261 e. The van der Waals surface area contributed by atoms with E-state index in [2.05, 4.69) is 10.3 Å². The number of carbonyl (C=O) groups is 2. The van der Waals surface area contributed by atoms with Crippen LogP contribution in [0.4, 0.5) is 0 Å². The van der Waals surface area contributed by atoms with Crippen molar-refractivity contribution in [3.8, 4) is 0 Å². The Labute approximate surface area is 155 Å². The molecular formula is C21H18N2O4. The number of pyridine rings is 1. The first kappa shape index (κ1) is 17.0. The molecule has 6 heteroatoms. The number of aromatic nitrogens is 1. The number of carbonyl (C=O) groups excluding carboxylic acids is 2. The second-order valence-corrected chi connectivity index (χ2v) is 6.62. The Hall–Kier alpha value is -3.41. The summed E-state index contributed by atoms with van der Waals surface area (Å²) in [5.41, 5.74) is 1.35. The number of Topliss-reactive ketones (excluding diaryl/α,β-unsaturated/α-hetero) is 1. The highest BCUT2D eigenvalue weighted by Crippen LogP contribution is 2.31. The summed E-state index contributed by atoms with van der Waals surface area (Å²) in [4.78, 5) is 40.1. The normalized spacial score (nSPS) is 16.0. The van der Waals surface area contributed by atoms with Crippen molar-refractivity contribution in [3.63, 3.8) is 0 Å². The smallest absolute Gasteiger partial charge is 0.261 e. The van der Waals surface area contributed by atoms with E-state index < -0.39 is 11.5 Å². The van der Waals surface area contributed by atoms with Crippen LogP contribution in [0.2, 0.25) is 0 Å². The number of nitrogens with one attached hydrogen (secondary N) is 2. The highest BCUT2D eigenvalue weighted by atomic mass is 16.3. The first-order chi connectivity index (χ1) is 13.1. The first-order valence-electron chi connectivity index (χ1n) is 8.76. The van der Waals surface area contributed by atoms with Crippen LogP contribution in [0.25, 0.3) is 0 Å². The third-order valence-corrected chi connectivity index (χ3v) is 4.79. The van der Waals surface area contributed by atoms with Crippen LogP contribution < -0.4 is 10.9 Å². The van der Waals surface area contributed by atoms with Crippen LogP contribution in [0.5, 0.6) is 0 Å². The van der Waals surface area contributed by atoms with Gasteiger partial charge in [0.25, 0.3) is 11.5 Å². The third kappa shape index (κ3) is 3.46. The molecule has 0 saturated heterocycles. The maximum atomic E-state index is 12.6. The Bertz CT molecular complexity index is 1040. The van der Waals surface area contributed by atoms with Crippen LogP contribution >= 0.6 is 0 Å². The summed E-state index contributed by atoms with van der Waals surface area (Å²) in [5, 5.41) is 2.72. The lowest BCUT2D eigenvalue weighted by atomic mass is 9.84. The Morgan fingerprint density at radius 2 is 1.93 bits per heavy atom. The van der Waals surface area contributed by atoms with Gasteiger partial charge in [0.05, 0.1) is 6.26 Å².